The van der Waals surface area contributed by atoms with Gasteiger partial charge in [0, 0.05) is 12.8 Å². The highest BCUT2D eigenvalue weighted by Gasteiger charge is 2.44. The number of ether oxygens (including phenoxy) is 1. The van der Waals surface area contributed by atoms with Gasteiger partial charge >= 0.3 is 0 Å². The summed E-state index contributed by atoms with van der Waals surface area (Å²) in [6, 6.07) is 5.46. The molecule has 2 aliphatic rings. The summed E-state index contributed by atoms with van der Waals surface area (Å²) in [6.07, 6.45) is 5.02. The van der Waals surface area contributed by atoms with Crippen molar-refractivity contribution in [3.05, 3.63) is 30.1 Å². The van der Waals surface area contributed by atoms with Gasteiger partial charge in [-0.05, 0) is 42.5 Å². The maximum atomic E-state index is 12.8. The summed E-state index contributed by atoms with van der Waals surface area (Å²) >= 11 is 0. The molecule has 6 heteroatoms. The van der Waals surface area contributed by atoms with Gasteiger partial charge in [0.05, 0.1) is 6.54 Å². The number of piperidine rings is 1. The highest BCUT2D eigenvalue weighted by Crippen LogP contribution is 2.45. The van der Waals surface area contributed by atoms with Gasteiger partial charge in [0.1, 0.15) is 24.3 Å². The van der Waals surface area contributed by atoms with E-state index in [-0.39, 0.29) is 36.2 Å². The maximum Gasteiger partial charge on any atom is 0.229 e. The smallest absolute Gasteiger partial charge is 0.229 e. The number of rotatable bonds is 5. The fourth-order valence-electron chi connectivity index (χ4n) is 3.88. The normalized spacial score (nSPS) is 21.4. The third kappa shape index (κ3) is 4.37. The van der Waals surface area contributed by atoms with Crippen LogP contribution in [-0.2, 0) is 9.59 Å². The molecule has 0 aromatic heterocycles. The number of hydrogen-bond donors (Lipinski definition) is 1. The first-order chi connectivity index (χ1) is 12.0. The van der Waals surface area contributed by atoms with Crippen LogP contribution in [0.15, 0.2) is 24.3 Å². The molecular formula is C19H24FNO4. The monoisotopic (exact) mass is 349 g/mol. The molecule has 1 aromatic carbocycles. The van der Waals surface area contributed by atoms with E-state index in [0.29, 0.717) is 18.6 Å². The molecule has 1 spiro atoms. The van der Waals surface area contributed by atoms with Crippen LogP contribution < -0.4 is 4.74 Å². The lowest BCUT2D eigenvalue weighted by Gasteiger charge is -2.42. The minimum absolute atomic E-state index is 0.0606. The Bertz CT molecular complexity index is 605. The van der Waals surface area contributed by atoms with Gasteiger partial charge in [-0.15, -0.1) is 0 Å². The van der Waals surface area contributed by atoms with Crippen molar-refractivity contribution < 1.29 is 23.8 Å². The molecule has 2 fully saturated rings. The molecule has 1 aliphatic heterocycles. The number of imide groups is 1. The number of nitrogens with zero attached hydrogens (tertiary/aromatic N) is 1. The van der Waals surface area contributed by atoms with Crippen LogP contribution in [0.2, 0.25) is 0 Å². The average molecular weight is 349 g/mol. The molecule has 0 radical (unpaired) electrons. The number of halogens is 1. The van der Waals surface area contributed by atoms with Crippen LogP contribution in [0, 0.1) is 11.2 Å². The molecule has 25 heavy (non-hydrogen) atoms. The van der Waals surface area contributed by atoms with Crippen molar-refractivity contribution in [2.45, 2.75) is 51.0 Å². The Morgan fingerprint density at radius 2 is 1.68 bits per heavy atom. The molecule has 136 valence electrons. The van der Waals surface area contributed by atoms with E-state index in [2.05, 4.69) is 0 Å². The van der Waals surface area contributed by atoms with Gasteiger partial charge in [-0.2, -0.15) is 0 Å². The van der Waals surface area contributed by atoms with Crippen LogP contribution in [0.4, 0.5) is 4.39 Å². The standard InChI is InChI=1S/C19H24FNO4/c20-14-4-6-16(7-5-14)25-13-15(22)12-21-17(23)10-19(11-18(21)24)8-2-1-3-9-19/h4-7,15,22H,1-3,8-13H2/t15-/m1/s1. The summed E-state index contributed by atoms with van der Waals surface area (Å²) in [5, 5.41) is 10.1. The minimum atomic E-state index is -0.974. The summed E-state index contributed by atoms with van der Waals surface area (Å²) in [5.74, 6) is -0.329. The van der Waals surface area contributed by atoms with E-state index in [4.69, 9.17) is 4.74 Å². The zero-order chi connectivity index (χ0) is 17.9. The Morgan fingerprint density at radius 3 is 2.28 bits per heavy atom. The maximum absolute atomic E-state index is 12.8. The minimum Gasteiger partial charge on any atom is -0.491 e. The van der Waals surface area contributed by atoms with E-state index >= 15 is 0 Å². The van der Waals surface area contributed by atoms with Gasteiger partial charge in [0.25, 0.3) is 0 Å². The van der Waals surface area contributed by atoms with E-state index in [1.54, 1.807) is 0 Å². The molecule has 1 atom stereocenters. The lowest BCUT2D eigenvalue weighted by Crippen LogP contribution is -2.51. The summed E-state index contributed by atoms with van der Waals surface area (Å²) in [6.45, 7) is -0.122. The van der Waals surface area contributed by atoms with E-state index in [1.807, 2.05) is 0 Å². The molecule has 1 N–H and O–H groups in total. The van der Waals surface area contributed by atoms with Crippen molar-refractivity contribution in [1.82, 2.24) is 4.90 Å². The quantitative estimate of drug-likeness (QED) is 0.830. The zero-order valence-corrected chi connectivity index (χ0v) is 14.2. The first-order valence-corrected chi connectivity index (χ1v) is 8.87. The third-order valence-electron chi connectivity index (χ3n) is 5.22. The molecule has 1 heterocycles. The molecule has 0 unspecified atom stereocenters. The molecule has 1 saturated heterocycles. The number of aliphatic hydroxyl groups excluding tert-OH is 1. The van der Waals surface area contributed by atoms with Crippen LogP contribution in [-0.4, -0.2) is 41.1 Å². The van der Waals surface area contributed by atoms with E-state index in [0.717, 1.165) is 25.7 Å². The van der Waals surface area contributed by atoms with Crippen LogP contribution in [0.25, 0.3) is 0 Å². The molecule has 5 nitrogen and oxygen atoms in total. The largest absolute Gasteiger partial charge is 0.491 e. The summed E-state index contributed by atoms with van der Waals surface area (Å²) in [7, 11) is 0. The first-order valence-electron chi connectivity index (χ1n) is 8.87. The van der Waals surface area contributed by atoms with Crippen molar-refractivity contribution in [2.75, 3.05) is 13.2 Å². The molecule has 1 aromatic rings. The zero-order valence-electron chi connectivity index (χ0n) is 14.2. The van der Waals surface area contributed by atoms with Gasteiger partial charge in [-0.25, -0.2) is 4.39 Å². The lowest BCUT2D eigenvalue weighted by molar-refractivity contribution is -0.156. The van der Waals surface area contributed by atoms with Crippen molar-refractivity contribution >= 4 is 11.8 Å². The number of β-amino-alcohol motifs (C(OH)–C–C–N with tert-alkyl or cyclic N) is 1. The molecule has 0 bridgehead atoms. The Labute approximate surface area is 146 Å². The predicted molar refractivity (Wildman–Crippen MR) is 89.4 cm³/mol. The van der Waals surface area contributed by atoms with Crippen LogP contribution in [0.3, 0.4) is 0 Å². The SMILES string of the molecule is O=C1CC2(CCCCC2)CC(=O)N1C[C@@H](O)COc1ccc(F)cc1. The van der Waals surface area contributed by atoms with Crippen molar-refractivity contribution in [3.8, 4) is 5.75 Å². The molecule has 1 saturated carbocycles. The van der Waals surface area contributed by atoms with Gasteiger partial charge in [0.2, 0.25) is 11.8 Å². The molecular weight excluding hydrogens is 325 g/mol. The number of carbonyl (C=O) groups excluding carboxylic acids is 2. The Kier molecular flexibility index (Phi) is 5.37. The second-order valence-corrected chi connectivity index (χ2v) is 7.23. The Hall–Kier alpha value is -1.95. The van der Waals surface area contributed by atoms with E-state index < -0.39 is 6.10 Å². The van der Waals surface area contributed by atoms with E-state index in [1.165, 1.54) is 35.6 Å². The third-order valence-corrected chi connectivity index (χ3v) is 5.22. The molecule has 2 amide bonds. The highest BCUT2D eigenvalue weighted by molar-refractivity contribution is 5.98. The fraction of sp³-hybridized carbons (Fsp3) is 0.579. The van der Waals surface area contributed by atoms with Gasteiger partial charge < -0.3 is 9.84 Å². The Balaban J connectivity index is 1.52. The van der Waals surface area contributed by atoms with Crippen LogP contribution in [0.1, 0.15) is 44.9 Å². The molecule has 3 rings (SSSR count). The van der Waals surface area contributed by atoms with Gasteiger partial charge in [-0.1, -0.05) is 19.3 Å². The van der Waals surface area contributed by atoms with Gasteiger partial charge in [0.15, 0.2) is 0 Å². The Morgan fingerprint density at radius 1 is 1.08 bits per heavy atom. The second-order valence-electron chi connectivity index (χ2n) is 7.23. The number of benzene rings is 1. The van der Waals surface area contributed by atoms with E-state index in [9.17, 15) is 19.1 Å². The summed E-state index contributed by atoms with van der Waals surface area (Å²) in [4.78, 5) is 26.0. The van der Waals surface area contributed by atoms with Crippen molar-refractivity contribution in [2.24, 2.45) is 5.41 Å². The average Bonchev–Trinajstić information content (AvgIpc) is 2.58. The van der Waals surface area contributed by atoms with Crippen LogP contribution >= 0.6 is 0 Å². The van der Waals surface area contributed by atoms with Crippen molar-refractivity contribution in [1.29, 1.82) is 0 Å². The highest BCUT2D eigenvalue weighted by atomic mass is 19.1. The molecule has 1 aliphatic carbocycles. The number of aliphatic hydroxyl groups is 1. The second kappa shape index (κ2) is 7.52. The predicted octanol–water partition coefficient (Wildman–Crippen LogP) is 2.66. The number of likely N-dealkylation sites (tertiary alicyclic amines) is 1. The summed E-state index contributed by atoms with van der Waals surface area (Å²) in [5.41, 5.74) is -0.154. The number of hydrogen-bond acceptors (Lipinski definition) is 4. The summed E-state index contributed by atoms with van der Waals surface area (Å²) < 4.78 is 18.2. The number of carbonyl (C=O) groups is 2. The fourth-order valence-corrected chi connectivity index (χ4v) is 3.88. The first kappa shape index (κ1) is 17.9. The van der Waals surface area contributed by atoms with Crippen molar-refractivity contribution in [3.63, 3.8) is 0 Å². The number of amides is 2. The topological polar surface area (TPSA) is 66.8 Å². The lowest BCUT2D eigenvalue weighted by atomic mass is 9.67. The van der Waals surface area contributed by atoms with Crippen LogP contribution in [0.5, 0.6) is 5.75 Å². The van der Waals surface area contributed by atoms with Gasteiger partial charge in [-0.3, -0.25) is 14.5 Å².